The van der Waals surface area contributed by atoms with Gasteiger partial charge in [-0.3, -0.25) is 5.10 Å². The van der Waals surface area contributed by atoms with Crippen molar-refractivity contribution in [3.8, 4) is 0 Å². The third-order valence-corrected chi connectivity index (χ3v) is 2.61. The molecular formula is C11H19N3O2. The van der Waals surface area contributed by atoms with Crippen LogP contribution in [-0.4, -0.2) is 42.7 Å². The second-order valence-electron chi connectivity index (χ2n) is 3.97. The summed E-state index contributed by atoms with van der Waals surface area (Å²) in [7, 11) is 0. The molecule has 5 nitrogen and oxygen atoms in total. The zero-order valence-corrected chi connectivity index (χ0v) is 9.45. The first kappa shape index (κ1) is 11.6. The summed E-state index contributed by atoms with van der Waals surface area (Å²) < 4.78 is 10.9. The molecule has 0 saturated carbocycles. The number of hydrogen-bond donors (Lipinski definition) is 2. The first-order chi connectivity index (χ1) is 7.95. The molecule has 0 spiro atoms. The van der Waals surface area contributed by atoms with E-state index in [-0.39, 0.29) is 0 Å². The highest BCUT2D eigenvalue weighted by Gasteiger charge is 2.14. The summed E-state index contributed by atoms with van der Waals surface area (Å²) in [5.41, 5.74) is 1.12. The standard InChI is InChI=1S/C11H19N3O2/c1(6-16-11-3-7-15-9-11)4-12-8-10-2-5-13-14-10/h2,5,11-12H,1,3-4,6-9H2,(H,13,14). The van der Waals surface area contributed by atoms with Gasteiger partial charge in [-0.2, -0.15) is 5.10 Å². The van der Waals surface area contributed by atoms with E-state index in [2.05, 4.69) is 15.5 Å². The molecule has 2 N–H and O–H groups in total. The van der Waals surface area contributed by atoms with Crippen LogP contribution in [0.2, 0.25) is 0 Å². The first-order valence-corrected chi connectivity index (χ1v) is 5.83. The summed E-state index contributed by atoms with van der Waals surface area (Å²) in [6, 6.07) is 1.97. The third-order valence-electron chi connectivity index (χ3n) is 2.61. The van der Waals surface area contributed by atoms with Crippen molar-refractivity contribution in [3.63, 3.8) is 0 Å². The lowest BCUT2D eigenvalue weighted by Gasteiger charge is -2.09. The van der Waals surface area contributed by atoms with Gasteiger partial charge in [0.05, 0.1) is 12.7 Å². The predicted octanol–water partition coefficient (Wildman–Crippen LogP) is 0.695. The van der Waals surface area contributed by atoms with Crippen LogP contribution in [0.1, 0.15) is 18.5 Å². The zero-order chi connectivity index (χ0) is 11.1. The Kier molecular flexibility index (Phi) is 4.79. The SMILES string of the molecule is c1cc(CNCCCOC2CCOC2)[nH]n1. The molecule has 1 aromatic heterocycles. The summed E-state index contributed by atoms with van der Waals surface area (Å²) >= 11 is 0. The van der Waals surface area contributed by atoms with Gasteiger partial charge in [-0.05, 0) is 25.5 Å². The van der Waals surface area contributed by atoms with E-state index in [1.165, 1.54) is 0 Å². The molecule has 0 aliphatic carbocycles. The van der Waals surface area contributed by atoms with Crippen LogP contribution in [0.5, 0.6) is 0 Å². The van der Waals surface area contributed by atoms with E-state index in [9.17, 15) is 0 Å². The predicted molar refractivity (Wildman–Crippen MR) is 60.1 cm³/mol. The topological polar surface area (TPSA) is 59.2 Å². The molecule has 16 heavy (non-hydrogen) atoms. The lowest BCUT2D eigenvalue weighted by atomic mass is 10.3. The van der Waals surface area contributed by atoms with Gasteiger partial charge in [0.1, 0.15) is 0 Å². The van der Waals surface area contributed by atoms with E-state index < -0.39 is 0 Å². The highest BCUT2D eigenvalue weighted by Crippen LogP contribution is 2.07. The largest absolute Gasteiger partial charge is 0.379 e. The summed E-state index contributed by atoms with van der Waals surface area (Å²) in [4.78, 5) is 0. The van der Waals surface area contributed by atoms with Crippen molar-refractivity contribution in [3.05, 3.63) is 18.0 Å². The minimum absolute atomic E-state index is 0.326. The van der Waals surface area contributed by atoms with Crippen molar-refractivity contribution in [1.82, 2.24) is 15.5 Å². The molecule has 0 bridgehead atoms. The lowest BCUT2D eigenvalue weighted by Crippen LogP contribution is -2.19. The van der Waals surface area contributed by atoms with Gasteiger partial charge in [0.15, 0.2) is 0 Å². The maximum absolute atomic E-state index is 5.66. The summed E-state index contributed by atoms with van der Waals surface area (Å²) in [5, 5.41) is 10.1. The van der Waals surface area contributed by atoms with Gasteiger partial charge >= 0.3 is 0 Å². The highest BCUT2D eigenvalue weighted by atomic mass is 16.5. The van der Waals surface area contributed by atoms with Crippen LogP contribution in [0.3, 0.4) is 0 Å². The number of hydrogen-bond acceptors (Lipinski definition) is 4. The highest BCUT2D eigenvalue weighted by molar-refractivity contribution is 4.96. The molecule has 0 amide bonds. The normalized spacial score (nSPS) is 20.4. The number of aromatic amines is 1. The number of H-pyrrole nitrogens is 1. The van der Waals surface area contributed by atoms with Gasteiger partial charge in [0.2, 0.25) is 0 Å². The molecule has 0 aromatic carbocycles. The summed E-state index contributed by atoms with van der Waals surface area (Å²) in [6.07, 6.45) is 4.17. The molecule has 0 radical (unpaired) electrons. The Morgan fingerprint density at radius 3 is 3.38 bits per heavy atom. The van der Waals surface area contributed by atoms with Crippen molar-refractivity contribution >= 4 is 0 Å². The van der Waals surface area contributed by atoms with Crippen molar-refractivity contribution in [2.75, 3.05) is 26.4 Å². The quantitative estimate of drug-likeness (QED) is 0.670. The van der Waals surface area contributed by atoms with E-state index in [0.717, 1.165) is 51.4 Å². The van der Waals surface area contributed by atoms with Crippen LogP contribution in [0.15, 0.2) is 12.3 Å². The fourth-order valence-electron chi connectivity index (χ4n) is 1.70. The van der Waals surface area contributed by atoms with E-state index in [0.29, 0.717) is 6.10 Å². The zero-order valence-electron chi connectivity index (χ0n) is 9.45. The van der Waals surface area contributed by atoms with E-state index >= 15 is 0 Å². The van der Waals surface area contributed by atoms with Gasteiger partial charge in [-0.15, -0.1) is 0 Å². The minimum Gasteiger partial charge on any atom is -0.379 e. The first-order valence-electron chi connectivity index (χ1n) is 5.83. The van der Waals surface area contributed by atoms with Crippen LogP contribution >= 0.6 is 0 Å². The fourth-order valence-corrected chi connectivity index (χ4v) is 1.70. The maximum atomic E-state index is 5.66. The lowest BCUT2D eigenvalue weighted by molar-refractivity contribution is 0.0416. The molecule has 1 aromatic rings. The van der Waals surface area contributed by atoms with Crippen molar-refractivity contribution in [2.45, 2.75) is 25.5 Å². The van der Waals surface area contributed by atoms with Gasteiger partial charge < -0.3 is 14.8 Å². The second kappa shape index (κ2) is 6.62. The molecule has 1 aliphatic rings. The van der Waals surface area contributed by atoms with Crippen LogP contribution in [0, 0.1) is 0 Å². The minimum atomic E-state index is 0.326. The Morgan fingerprint density at radius 1 is 1.62 bits per heavy atom. The molecule has 2 heterocycles. The Bertz CT molecular complexity index is 271. The van der Waals surface area contributed by atoms with E-state index in [4.69, 9.17) is 9.47 Å². The Hall–Kier alpha value is -0.910. The van der Waals surface area contributed by atoms with E-state index in [1.54, 1.807) is 6.20 Å². The average molecular weight is 225 g/mol. The molecule has 1 saturated heterocycles. The average Bonchev–Trinajstić information content (AvgIpc) is 2.96. The Labute approximate surface area is 95.5 Å². The number of aromatic nitrogens is 2. The molecule has 1 fully saturated rings. The number of nitrogens with one attached hydrogen (secondary N) is 2. The van der Waals surface area contributed by atoms with Gasteiger partial charge in [-0.1, -0.05) is 0 Å². The molecular weight excluding hydrogens is 206 g/mol. The summed E-state index contributed by atoms with van der Waals surface area (Å²) in [5.74, 6) is 0. The number of ether oxygens (including phenoxy) is 2. The molecule has 90 valence electrons. The van der Waals surface area contributed by atoms with E-state index in [1.807, 2.05) is 6.07 Å². The summed E-state index contributed by atoms with van der Waals surface area (Å²) in [6.45, 7) is 4.23. The smallest absolute Gasteiger partial charge is 0.0830 e. The van der Waals surface area contributed by atoms with Crippen LogP contribution < -0.4 is 5.32 Å². The number of nitrogens with zero attached hydrogens (tertiary/aromatic N) is 1. The van der Waals surface area contributed by atoms with Gasteiger partial charge in [0, 0.05) is 31.6 Å². The van der Waals surface area contributed by atoms with Crippen molar-refractivity contribution in [2.24, 2.45) is 0 Å². The Morgan fingerprint density at radius 2 is 2.62 bits per heavy atom. The second-order valence-corrected chi connectivity index (χ2v) is 3.97. The van der Waals surface area contributed by atoms with Crippen LogP contribution in [-0.2, 0) is 16.0 Å². The molecule has 1 unspecified atom stereocenters. The van der Waals surface area contributed by atoms with Crippen LogP contribution in [0.25, 0.3) is 0 Å². The number of rotatable bonds is 7. The Balaban J connectivity index is 1.43. The van der Waals surface area contributed by atoms with Crippen molar-refractivity contribution in [1.29, 1.82) is 0 Å². The fraction of sp³-hybridized carbons (Fsp3) is 0.727. The maximum Gasteiger partial charge on any atom is 0.0830 e. The molecule has 1 atom stereocenters. The molecule has 2 rings (SSSR count). The van der Waals surface area contributed by atoms with Crippen LogP contribution in [0.4, 0.5) is 0 Å². The van der Waals surface area contributed by atoms with Gasteiger partial charge in [0.25, 0.3) is 0 Å². The van der Waals surface area contributed by atoms with Gasteiger partial charge in [-0.25, -0.2) is 0 Å². The van der Waals surface area contributed by atoms with Crippen molar-refractivity contribution < 1.29 is 9.47 Å². The monoisotopic (exact) mass is 225 g/mol. The third kappa shape index (κ3) is 3.92. The molecule has 5 heteroatoms. The molecule has 1 aliphatic heterocycles.